The van der Waals surface area contributed by atoms with E-state index in [-0.39, 0.29) is 6.42 Å². The van der Waals surface area contributed by atoms with Gasteiger partial charge < -0.3 is 9.67 Å². The Labute approximate surface area is 147 Å². The van der Waals surface area contributed by atoms with E-state index in [4.69, 9.17) is 28.3 Å². The number of hydrogen-bond donors (Lipinski definition) is 1. The maximum absolute atomic E-state index is 10.9. The molecule has 0 unspecified atom stereocenters. The number of hydrogen-bond acceptors (Lipinski definition) is 2. The van der Waals surface area contributed by atoms with Crippen LogP contribution in [0.2, 0.25) is 10.0 Å². The Balaban J connectivity index is 2.14. The summed E-state index contributed by atoms with van der Waals surface area (Å²) in [6.45, 7) is 0. The van der Waals surface area contributed by atoms with E-state index in [9.17, 15) is 4.79 Å². The summed E-state index contributed by atoms with van der Waals surface area (Å²) < 4.78 is 2.01. The number of nitrogens with zero attached hydrogens (tertiary/aromatic N) is 1. The van der Waals surface area contributed by atoms with Gasteiger partial charge in [0.25, 0.3) is 0 Å². The minimum atomic E-state index is -0.822. The van der Waals surface area contributed by atoms with Gasteiger partial charge in [0.05, 0.1) is 27.7 Å². The van der Waals surface area contributed by atoms with Crippen molar-refractivity contribution < 1.29 is 9.90 Å². The first kappa shape index (κ1) is 16.1. The molecular weight excluding hydrogens is 353 g/mol. The molecule has 0 saturated heterocycles. The minimum absolute atomic E-state index is 0.0686. The fourth-order valence-corrected chi connectivity index (χ4v) is 3.71. The van der Waals surface area contributed by atoms with E-state index in [2.05, 4.69) is 0 Å². The number of aliphatic carboxylic acids is 1. The van der Waals surface area contributed by atoms with Crippen LogP contribution in [0.3, 0.4) is 0 Å². The summed E-state index contributed by atoms with van der Waals surface area (Å²) in [6, 6.07) is 13.3. The summed E-state index contributed by atoms with van der Waals surface area (Å²) >= 11 is 14.0. The molecule has 1 aromatic carbocycles. The molecule has 2 heterocycles. The quantitative estimate of drug-likeness (QED) is 0.645. The van der Waals surface area contributed by atoms with Crippen LogP contribution < -0.4 is 0 Å². The van der Waals surface area contributed by atoms with Gasteiger partial charge >= 0.3 is 5.97 Å². The van der Waals surface area contributed by atoms with Gasteiger partial charge in [0.2, 0.25) is 0 Å². The first-order chi connectivity index (χ1) is 11.1. The molecule has 0 saturated carbocycles. The van der Waals surface area contributed by atoms with Crippen molar-refractivity contribution in [1.29, 1.82) is 0 Å². The molecule has 0 amide bonds. The van der Waals surface area contributed by atoms with Crippen LogP contribution in [0.15, 0.2) is 47.8 Å². The fourth-order valence-electron chi connectivity index (χ4n) is 2.47. The maximum Gasteiger partial charge on any atom is 0.303 e. The van der Waals surface area contributed by atoms with Crippen molar-refractivity contribution >= 4 is 40.5 Å². The van der Waals surface area contributed by atoms with Crippen LogP contribution in [-0.4, -0.2) is 15.6 Å². The SMILES string of the molecule is O=C(O)CCc1ccc(-c2cccs2)n1-c1ccc(Cl)cc1Cl. The smallest absolute Gasteiger partial charge is 0.303 e. The number of halogens is 2. The number of aryl methyl sites for hydroxylation is 1. The van der Waals surface area contributed by atoms with Crippen LogP contribution >= 0.6 is 34.5 Å². The van der Waals surface area contributed by atoms with Gasteiger partial charge in [0.1, 0.15) is 0 Å². The monoisotopic (exact) mass is 365 g/mol. The standard InChI is InChI=1S/C17H13Cl2NO2S/c18-11-3-6-14(13(19)10-11)20-12(5-8-17(21)22)4-7-15(20)16-2-1-9-23-16/h1-4,6-7,9-10H,5,8H2,(H,21,22). The Morgan fingerprint density at radius 2 is 2.00 bits per heavy atom. The second kappa shape index (κ2) is 6.79. The van der Waals surface area contributed by atoms with E-state index in [0.29, 0.717) is 16.5 Å². The van der Waals surface area contributed by atoms with Crippen LogP contribution in [0.5, 0.6) is 0 Å². The fraction of sp³-hybridized carbons (Fsp3) is 0.118. The van der Waals surface area contributed by atoms with Crippen molar-refractivity contribution in [3.8, 4) is 16.3 Å². The van der Waals surface area contributed by atoms with Gasteiger partial charge in [-0.25, -0.2) is 0 Å². The Morgan fingerprint density at radius 3 is 2.65 bits per heavy atom. The van der Waals surface area contributed by atoms with Gasteiger partial charge in [0, 0.05) is 10.7 Å². The number of carbonyl (C=O) groups is 1. The molecule has 0 radical (unpaired) electrons. The molecule has 0 bridgehead atoms. The second-order valence-corrected chi connectivity index (χ2v) is 6.80. The van der Waals surface area contributed by atoms with Crippen molar-refractivity contribution in [1.82, 2.24) is 4.57 Å². The molecule has 23 heavy (non-hydrogen) atoms. The first-order valence-corrected chi connectivity index (χ1v) is 8.61. The van der Waals surface area contributed by atoms with E-state index in [1.54, 1.807) is 23.5 Å². The summed E-state index contributed by atoms with van der Waals surface area (Å²) in [7, 11) is 0. The number of thiophene rings is 1. The number of benzene rings is 1. The highest BCUT2D eigenvalue weighted by Crippen LogP contribution is 2.34. The highest BCUT2D eigenvalue weighted by atomic mass is 35.5. The Hall–Kier alpha value is -1.75. The van der Waals surface area contributed by atoms with E-state index >= 15 is 0 Å². The third-order valence-corrected chi connectivity index (χ3v) is 4.91. The average molecular weight is 366 g/mol. The second-order valence-electron chi connectivity index (χ2n) is 5.01. The van der Waals surface area contributed by atoms with E-state index < -0.39 is 5.97 Å². The molecule has 0 fully saturated rings. The Kier molecular flexibility index (Phi) is 4.76. The normalized spacial score (nSPS) is 10.9. The predicted molar refractivity (Wildman–Crippen MR) is 95.1 cm³/mol. The van der Waals surface area contributed by atoms with Gasteiger partial charge in [0.15, 0.2) is 0 Å². The number of carboxylic acid groups (broad SMARTS) is 1. The number of aromatic nitrogens is 1. The van der Waals surface area contributed by atoms with Crippen molar-refractivity contribution in [3.63, 3.8) is 0 Å². The van der Waals surface area contributed by atoms with E-state index in [0.717, 1.165) is 22.0 Å². The molecule has 0 atom stereocenters. The van der Waals surface area contributed by atoms with Crippen LogP contribution in [0.1, 0.15) is 12.1 Å². The average Bonchev–Trinajstić information content (AvgIpc) is 3.14. The summed E-state index contributed by atoms with van der Waals surface area (Å²) in [5.74, 6) is -0.822. The summed E-state index contributed by atoms with van der Waals surface area (Å²) in [4.78, 5) is 12.0. The summed E-state index contributed by atoms with van der Waals surface area (Å²) in [6.07, 6.45) is 0.499. The highest BCUT2D eigenvalue weighted by molar-refractivity contribution is 7.13. The molecule has 3 aromatic rings. The Morgan fingerprint density at radius 1 is 1.17 bits per heavy atom. The maximum atomic E-state index is 10.9. The molecule has 2 aromatic heterocycles. The molecule has 6 heteroatoms. The predicted octanol–water partition coefficient (Wildman–Crippen LogP) is 5.53. The number of rotatable bonds is 5. The molecule has 0 spiro atoms. The Bertz CT molecular complexity index is 840. The molecule has 0 aliphatic rings. The van der Waals surface area contributed by atoms with Gasteiger partial charge in [-0.1, -0.05) is 29.3 Å². The van der Waals surface area contributed by atoms with Crippen molar-refractivity contribution in [3.05, 3.63) is 63.6 Å². The molecule has 1 N–H and O–H groups in total. The van der Waals surface area contributed by atoms with Crippen LogP contribution in [0.25, 0.3) is 16.3 Å². The lowest BCUT2D eigenvalue weighted by Crippen LogP contribution is -2.05. The summed E-state index contributed by atoms with van der Waals surface area (Å²) in [5.41, 5.74) is 2.69. The lowest BCUT2D eigenvalue weighted by molar-refractivity contribution is -0.136. The van der Waals surface area contributed by atoms with Gasteiger partial charge in [-0.2, -0.15) is 0 Å². The van der Waals surface area contributed by atoms with Crippen molar-refractivity contribution in [2.45, 2.75) is 12.8 Å². The molecule has 118 valence electrons. The van der Waals surface area contributed by atoms with Gasteiger partial charge in [-0.15, -0.1) is 11.3 Å². The van der Waals surface area contributed by atoms with Crippen LogP contribution in [0.4, 0.5) is 0 Å². The van der Waals surface area contributed by atoms with Crippen molar-refractivity contribution in [2.24, 2.45) is 0 Å². The molecule has 3 rings (SSSR count). The first-order valence-electron chi connectivity index (χ1n) is 6.98. The lowest BCUT2D eigenvalue weighted by Gasteiger charge is -2.14. The van der Waals surface area contributed by atoms with E-state index in [1.165, 1.54) is 0 Å². The highest BCUT2D eigenvalue weighted by Gasteiger charge is 2.16. The molecule has 0 aliphatic carbocycles. The zero-order chi connectivity index (χ0) is 16.4. The molecule has 3 nitrogen and oxygen atoms in total. The zero-order valence-electron chi connectivity index (χ0n) is 12.0. The number of carboxylic acids is 1. The van der Waals surface area contributed by atoms with Crippen LogP contribution in [0, 0.1) is 0 Å². The van der Waals surface area contributed by atoms with Crippen molar-refractivity contribution in [2.75, 3.05) is 0 Å². The third-order valence-electron chi connectivity index (χ3n) is 3.48. The largest absolute Gasteiger partial charge is 0.481 e. The summed E-state index contributed by atoms with van der Waals surface area (Å²) in [5, 5.41) is 12.1. The molecular formula is C17H13Cl2NO2S. The lowest BCUT2D eigenvalue weighted by atomic mass is 10.2. The van der Waals surface area contributed by atoms with Crippen LogP contribution in [-0.2, 0) is 11.2 Å². The topological polar surface area (TPSA) is 42.2 Å². The van der Waals surface area contributed by atoms with E-state index in [1.807, 2.05) is 40.3 Å². The van der Waals surface area contributed by atoms with Gasteiger partial charge in [-0.05, 0) is 48.2 Å². The molecule has 0 aliphatic heterocycles. The third kappa shape index (κ3) is 3.44. The zero-order valence-corrected chi connectivity index (χ0v) is 14.3. The van der Waals surface area contributed by atoms with Gasteiger partial charge in [-0.3, -0.25) is 4.79 Å². The minimum Gasteiger partial charge on any atom is -0.481 e.